The predicted molar refractivity (Wildman–Crippen MR) is 86.7 cm³/mol. The zero-order valence-electron chi connectivity index (χ0n) is 11.9. The highest BCUT2D eigenvalue weighted by atomic mass is 35.5. The third-order valence-electron chi connectivity index (χ3n) is 3.12. The van der Waals surface area contributed by atoms with Crippen molar-refractivity contribution >= 4 is 34.4 Å². The Hall–Kier alpha value is -1.85. The van der Waals surface area contributed by atoms with Gasteiger partial charge in [0.25, 0.3) is 0 Å². The van der Waals surface area contributed by atoms with Gasteiger partial charge < -0.3 is 9.72 Å². The minimum absolute atomic E-state index is 0.277. The molecule has 3 rings (SSSR count). The van der Waals surface area contributed by atoms with E-state index >= 15 is 0 Å². The molecule has 0 saturated heterocycles. The minimum Gasteiger partial charge on any atom is -0.492 e. The summed E-state index contributed by atoms with van der Waals surface area (Å²) in [5.41, 5.74) is 2.82. The van der Waals surface area contributed by atoms with E-state index in [1.54, 1.807) is 12.3 Å². The maximum atomic E-state index is 5.88. The summed E-state index contributed by atoms with van der Waals surface area (Å²) in [7, 11) is 0. The SMILES string of the molecule is Cc1cnc2nc(CCCOc3cnc(Cl)c(Cl)c3)[nH]c2c1. The highest BCUT2D eigenvalue weighted by Gasteiger charge is 2.05. The Morgan fingerprint density at radius 1 is 1.18 bits per heavy atom. The van der Waals surface area contributed by atoms with Crippen molar-refractivity contribution < 1.29 is 4.74 Å². The molecule has 3 aromatic rings. The fraction of sp³-hybridized carbons (Fsp3) is 0.267. The Morgan fingerprint density at radius 3 is 2.86 bits per heavy atom. The first kappa shape index (κ1) is 15.1. The van der Waals surface area contributed by atoms with E-state index in [9.17, 15) is 0 Å². The van der Waals surface area contributed by atoms with E-state index in [-0.39, 0.29) is 5.15 Å². The Bertz CT molecular complexity index is 803. The number of imidazole rings is 1. The van der Waals surface area contributed by atoms with Crippen LogP contribution >= 0.6 is 23.2 Å². The molecule has 0 radical (unpaired) electrons. The van der Waals surface area contributed by atoms with E-state index in [1.807, 2.05) is 19.2 Å². The van der Waals surface area contributed by atoms with Crippen LogP contribution in [0.1, 0.15) is 17.8 Å². The number of rotatable bonds is 5. The highest BCUT2D eigenvalue weighted by molar-refractivity contribution is 6.41. The minimum atomic E-state index is 0.277. The molecule has 0 aliphatic carbocycles. The average molecular weight is 337 g/mol. The van der Waals surface area contributed by atoms with Crippen LogP contribution in [0, 0.1) is 6.92 Å². The average Bonchev–Trinajstić information content (AvgIpc) is 2.89. The largest absolute Gasteiger partial charge is 0.492 e. The second-order valence-corrected chi connectivity index (χ2v) is 5.73. The second-order valence-electron chi connectivity index (χ2n) is 4.96. The number of hydrogen-bond donors (Lipinski definition) is 1. The first-order valence-electron chi connectivity index (χ1n) is 6.87. The molecule has 0 aromatic carbocycles. The van der Waals surface area contributed by atoms with Crippen molar-refractivity contribution in [2.75, 3.05) is 6.61 Å². The number of hydrogen-bond acceptors (Lipinski definition) is 4. The molecule has 3 heterocycles. The number of H-pyrrole nitrogens is 1. The molecule has 0 bridgehead atoms. The van der Waals surface area contributed by atoms with Gasteiger partial charge in [-0.3, -0.25) is 0 Å². The zero-order valence-corrected chi connectivity index (χ0v) is 13.4. The molecular weight excluding hydrogens is 323 g/mol. The van der Waals surface area contributed by atoms with Gasteiger partial charge in [-0.05, 0) is 25.0 Å². The lowest BCUT2D eigenvalue weighted by atomic mass is 10.3. The van der Waals surface area contributed by atoms with Gasteiger partial charge in [0.15, 0.2) is 5.65 Å². The maximum Gasteiger partial charge on any atom is 0.177 e. The molecular formula is C15H14Cl2N4O. The molecule has 0 unspecified atom stereocenters. The number of fused-ring (bicyclic) bond motifs is 1. The maximum absolute atomic E-state index is 5.88. The third kappa shape index (κ3) is 3.48. The topological polar surface area (TPSA) is 63.7 Å². The van der Waals surface area contributed by atoms with Crippen LogP contribution < -0.4 is 4.74 Å². The molecule has 0 amide bonds. The van der Waals surface area contributed by atoms with Gasteiger partial charge in [-0.15, -0.1) is 0 Å². The van der Waals surface area contributed by atoms with Gasteiger partial charge in [0.05, 0.1) is 23.3 Å². The lowest BCUT2D eigenvalue weighted by Gasteiger charge is -2.05. The number of ether oxygens (including phenoxy) is 1. The Kier molecular flexibility index (Phi) is 4.45. The first-order valence-corrected chi connectivity index (χ1v) is 7.62. The molecule has 7 heteroatoms. The molecule has 0 aliphatic heterocycles. The smallest absolute Gasteiger partial charge is 0.177 e. The molecule has 3 aromatic heterocycles. The summed E-state index contributed by atoms with van der Waals surface area (Å²) in [5, 5.41) is 0.664. The lowest BCUT2D eigenvalue weighted by molar-refractivity contribution is 0.309. The normalized spacial score (nSPS) is 11.0. The molecule has 0 atom stereocenters. The van der Waals surface area contributed by atoms with Crippen molar-refractivity contribution in [3.05, 3.63) is 46.1 Å². The van der Waals surface area contributed by atoms with Crippen molar-refractivity contribution in [2.45, 2.75) is 19.8 Å². The molecule has 114 valence electrons. The molecule has 0 aliphatic rings. The summed E-state index contributed by atoms with van der Waals surface area (Å²) in [6.45, 7) is 2.55. The highest BCUT2D eigenvalue weighted by Crippen LogP contribution is 2.23. The van der Waals surface area contributed by atoms with E-state index in [0.717, 1.165) is 35.4 Å². The van der Waals surface area contributed by atoms with Crippen molar-refractivity contribution in [3.63, 3.8) is 0 Å². The van der Waals surface area contributed by atoms with Crippen LogP contribution in [-0.2, 0) is 6.42 Å². The zero-order chi connectivity index (χ0) is 15.5. The summed E-state index contributed by atoms with van der Waals surface area (Å²) in [6, 6.07) is 3.70. The number of nitrogens with one attached hydrogen (secondary N) is 1. The number of halogens is 2. The van der Waals surface area contributed by atoms with Crippen molar-refractivity contribution in [1.82, 2.24) is 19.9 Å². The van der Waals surface area contributed by atoms with E-state index in [0.29, 0.717) is 17.4 Å². The van der Waals surface area contributed by atoms with Crippen molar-refractivity contribution in [3.8, 4) is 5.75 Å². The quantitative estimate of drug-likeness (QED) is 0.565. The standard InChI is InChI=1S/C15H14Cl2N4O/c1-9-5-12-15(19-7-9)21-13(20-12)3-2-4-22-10-6-11(16)14(17)18-8-10/h5-8H,2-4H2,1H3,(H,19,20,21). The molecule has 1 N–H and O–H groups in total. The van der Waals surface area contributed by atoms with Gasteiger partial charge in [0.1, 0.15) is 16.7 Å². The van der Waals surface area contributed by atoms with E-state index in [4.69, 9.17) is 27.9 Å². The van der Waals surface area contributed by atoms with E-state index < -0.39 is 0 Å². The molecule has 5 nitrogen and oxygen atoms in total. The first-order chi connectivity index (χ1) is 10.6. The van der Waals surface area contributed by atoms with Crippen molar-refractivity contribution in [2.24, 2.45) is 0 Å². The van der Waals surface area contributed by atoms with Gasteiger partial charge in [-0.25, -0.2) is 15.0 Å². The van der Waals surface area contributed by atoms with Gasteiger partial charge >= 0.3 is 0 Å². The monoisotopic (exact) mass is 336 g/mol. The predicted octanol–water partition coefficient (Wildman–Crippen LogP) is 3.98. The van der Waals surface area contributed by atoms with Gasteiger partial charge in [-0.1, -0.05) is 23.2 Å². The third-order valence-corrected chi connectivity index (χ3v) is 3.81. The number of nitrogens with zero attached hydrogens (tertiary/aromatic N) is 3. The van der Waals surface area contributed by atoms with Gasteiger partial charge in [0, 0.05) is 18.7 Å². The summed E-state index contributed by atoms with van der Waals surface area (Å²) < 4.78 is 5.59. The van der Waals surface area contributed by atoms with Crippen LogP contribution in [0.25, 0.3) is 11.2 Å². The summed E-state index contributed by atoms with van der Waals surface area (Å²) in [4.78, 5) is 15.9. The number of aromatic amines is 1. The van der Waals surface area contributed by atoms with E-state index in [2.05, 4.69) is 19.9 Å². The van der Waals surface area contributed by atoms with Crippen LogP contribution in [0.2, 0.25) is 10.2 Å². The van der Waals surface area contributed by atoms with Gasteiger partial charge in [-0.2, -0.15) is 0 Å². The Morgan fingerprint density at radius 2 is 2.05 bits per heavy atom. The lowest BCUT2D eigenvalue weighted by Crippen LogP contribution is -2.00. The summed E-state index contributed by atoms with van der Waals surface area (Å²) >= 11 is 11.6. The molecule has 0 spiro atoms. The van der Waals surface area contributed by atoms with Crippen LogP contribution in [0.15, 0.2) is 24.5 Å². The number of aromatic nitrogens is 4. The van der Waals surface area contributed by atoms with E-state index in [1.165, 1.54) is 0 Å². The fourth-order valence-electron chi connectivity index (χ4n) is 2.08. The fourth-order valence-corrected chi connectivity index (χ4v) is 2.34. The summed E-state index contributed by atoms with van der Waals surface area (Å²) in [5.74, 6) is 1.51. The summed E-state index contributed by atoms with van der Waals surface area (Å²) in [6.07, 6.45) is 4.97. The van der Waals surface area contributed by atoms with Crippen LogP contribution in [0.3, 0.4) is 0 Å². The number of pyridine rings is 2. The molecule has 22 heavy (non-hydrogen) atoms. The number of aryl methyl sites for hydroxylation is 2. The molecule has 0 fully saturated rings. The second kappa shape index (κ2) is 6.50. The molecule has 0 saturated carbocycles. The Balaban J connectivity index is 1.54. The van der Waals surface area contributed by atoms with Crippen molar-refractivity contribution in [1.29, 1.82) is 0 Å². The van der Waals surface area contributed by atoms with Gasteiger partial charge in [0.2, 0.25) is 0 Å². The Labute approximate surface area is 137 Å². The van der Waals surface area contributed by atoms with Crippen LogP contribution in [0.4, 0.5) is 0 Å². The van der Waals surface area contributed by atoms with Crippen LogP contribution in [-0.4, -0.2) is 26.5 Å². The van der Waals surface area contributed by atoms with Crippen LogP contribution in [0.5, 0.6) is 5.75 Å².